The van der Waals surface area contributed by atoms with Crippen molar-refractivity contribution >= 4 is 39.9 Å². The van der Waals surface area contributed by atoms with Crippen LogP contribution in [0.3, 0.4) is 0 Å². The van der Waals surface area contributed by atoms with Crippen molar-refractivity contribution in [2.75, 3.05) is 25.2 Å². The van der Waals surface area contributed by atoms with Gasteiger partial charge in [0.25, 0.3) is 0 Å². The lowest BCUT2D eigenvalue weighted by Crippen LogP contribution is -2.45. The molecule has 4 rings (SSSR count). The van der Waals surface area contributed by atoms with Gasteiger partial charge in [-0.15, -0.1) is 16.4 Å². The van der Waals surface area contributed by atoms with Gasteiger partial charge in [0, 0.05) is 24.2 Å². The van der Waals surface area contributed by atoms with Crippen LogP contribution in [0.4, 0.5) is 5.69 Å². The molecule has 0 saturated heterocycles. The summed E-state index contributed by atoms with van der Waals surface area (Å²) in [4.78, 5) is 29.7. The van der Waals surface area contributed by atoms with E-state index >= 15 is 0 Å². The first-order valence-corrected chi connectivity index (χ1v) is 12.4. The topological polar surface area (TPSA) is 89.4 Å². The van der Waals surface area contributed by atoms with E-state index in [1.54, 1.807) is 16.7 Å². The van der Waals surface area contributed by atoms with E-state index in [1.165, 1.54) is 11.3 Å². The molecule has 9 heteroatoms. The number of aromatic nitrogens is 3. The number of fused-ring (bicyclic) bond motifs is 1. The summed E-state index contributed by atoms with van der Waals surface area (Å²) in [5, 5.41) is 13.2. The van der Waals surface area contributed by atoms with Crippen molar-refractivity contribution in [2.24, 2.45) is 0 Å². The average molecular weight is 492 g/mol. The first-order chi connectivity index (χ1) is 17.0. The Labute approximate surface area is 208 Å². The number of nitrogens with one attached hydrogen (secondary N) is 1. The van der Waals surface area contributed by atoms with Gasteiger partial charge in [0.15, 0.2) is 0 Å². The Hall–Kier alpha value is -3.56. The predicted octanol–water partition coefficient (Wildman–Crippen LogP) is 4.15. The minimum Gasteiger partial charge on any atom is -0.383 e. The number of thiophene rings is 1. The van der Waals surface area contributed by atoms with E-state index in [0.29, 0.717) is 30.3 Å². The van der Waals surface area contributed by atoms with Gasteiger partial charge in [0.05, 0.1) is 12.1 Å². The van der Waals surface area contributed by atoms with E-state index in [2.05, 4.69) is 29.5 Å². The van der Waals surface area contributed by atoms with Crippen molar-refractivity contribution in [1.82, 2.24) is 20.3 Å². The number of hydrogen-bond donors (Lipinski definition) is 1. The van der Waals surface area contributed by atoms with Crippen LogP contribution in [0.5, 0.6) is 0 Å². The van der Waals surface area contributed by atoms with Crippen LogP contribution in [-0.4, -0.2) is 47.1 Å². The first kappa shape index (κ1) is 24.6. The van der Waals surface area contributed by atoms with Gasteiger partial charge in [-0.25, -0.2) is 4.68 Å². The quantitative estimate of drug-likeness (QED) is 0.337. The molecule has 2 heterocycles. The highest BCUT2D eigenvalue weighted by atomic mass is 32.1. The molecule has 1 unspecified atom stereocenters. The van der Waals surface area contributed by atoms with Crippen molar-refractivity contribution in [3.63, 3.8) is 0 Å². The SMILES string of the molecule is COCCNC(=O)C(c1cccs1)N(C(=O)Cn1nnc2ccccc21)c1ccc(C(C)C)cc1. The third-order valence-electron chi connectivity index (χ3n) is 5.74. The molecule has 2 aromatic carbocycles. The lowest BCUT2D eigenvalue weighted by atomic mass is 10.0. The summed E-state index contributed by atoms with van der Waals surface area (Å²) in [6.45, 7) is 4.90. The van der Waals surface area contributed by atoms with Gasteiger partial charge in [0.2, 0.25) is 11.8 Å². The molecule has 1 N–H and O–H groups in total. The van der Waals surface area contributed by atoms with E-state index in [-0.39, 0.29) is 18.4 Å². The number of benzene rings is 2. The monoisotopic (exact) mass is 491 g/mol. The second kappa shape index (κ2) is 11.2. The second-order valence-electron chi connectivity index (χ2n) is 8.45. The Bertz CT molecular complexity index is 1270. The van der Waals surface area contributed by atoms with E-state index in [0.717, 1.165) is 16.0 Å². The maximum absolute atomic E-state index is 13.9. The van der Waals surface area contributed by atoms with E-state index < -0.39 is 6.04 Å². The maximum Gasteiger partial charge on any atom is 0.249 e. The van der Waals surface area contributed by atoms with Gasteiger partial charge in [-0.05, 0) is 47.2 Å². The Morgan fingerprint density at radius 1 is 1.09 bits per heavy atom. The summed E-state index contributed by atoms with van der Waals surface area (Å²) < 4.78 is 6.66. The summed E-state index contributed by atoms with van der Waals surface area (Å²) in [7, 11) is 1.58. The van der Waals surface area contributed by atoms with Gasteiger partial charge < -0.3 is 10.1 Å². The molecule has 0 aliphatic carbocycles. The van der Waals surface area contributed by atoms with Crippen molar-refractivity contribution in [1.29, 1.82) is 0 Å². The minimum absolute atomic E-state index is 0.0559. The van der Waals surface area contributed by atoms with Crippen LogP contribution < -0.4 is 10.2 Å². The fraction of sp³-hybridized carbons (Fsp3) is 0.308. The molecule has 35 heavy (non-hydrogen) atoms. The molecule has 182 valence electrons. The number of carbonyl (C=O) groups is 2. The number of anilines is 1. The van der Waals surface area contributed by atoms with Crippen LogP contribution >= 0.6 is 11.3 Å². The standard InChI is InChI=1S/C26H29N5O3S/c1-18(2)19-10-12-20(13-11-19)31(24(32)17-30-22-8-5-4-7-21(22)28-29-30)25(23-9-6-16-35-23)26(33)27-14-15-34-3/h4-13,16,18,25H,14-15,17H2,1-3H3,(H,27,33). The van der Waals surface area contributed by atoms with Gasteiger partial charge in [-0.2, -0.15) is 0 Å². The zero-order valence-corrected chi connectivity index (χ0v) is 20.9. The number of amides is 2. The lowest BCUT2D eigenvalue weighted by Gasteiger charge is -2.31. The molecule has 4 aromatic rings. The second-order valence-corrected chi connectivity index (χ2v) is 9.43. The number of carbonyl (C=O) groups excluding carboxylic acids is 2. The number of hydrogen-bond acceptors (Lipinski definition) is 6. The smallest absolute Gasteiger partial charge is 0.249 e. The number of para-hydroxylation sites is 1. The third-order valence-corrected chi connectivity index (χ3v) is 6.66. The lowest BCUT2D eigenvalue weighted by molar-refractivity contribution is -0.127. The average Bonchev–Trinajstić information content (AvgIpc) is 3.53. The van der Waals surface area contributed by atoms with Gasteiger partial charge in [0.1, 0.15) is 18.1 Å². The summed E-state index contributed by atoms with van der Waals surface area (Å²) in [6, 6.07) is 18.2. The molecule has 8 nitrogen and oxygen atoms in total. The number of methoxy groups -OCH3 is 1. The molecule has 0 aliphatic rings. The molecule has 2 aromatic heterocycles. The van der Waals surface area contributed by atoms with Gasteiger partial charge in [-0.1, -0.05) is 49.4 Å². The van der Waals surface area contributed by atoms with E-state index in [9.17, 15) is 9.59 Å². The van der Waals surface area contributed by atoms with Crippen LogP contribution in [0.1, 0.15) is 36.2 Å². The Balaban J connectivity index is 1.74. The maximum atomic E-state index is 13.9. The van der Waals surface area contributed by atoms with Crippen molar-refractivity contribution in [2.45, 2.75) is 32.4 Å². The fourth-order valence-corrected chi connectivity index (χ4v) is 4.70. The summed E-state index contributed by atoms with van der Waals surface area (Å²) in [6.07, 6.45) is 0. The summed E-state index contributed by atoms with van der Waals surface area (Å²) >= 11 is 1.44. The summed E-state index contributed by atoms with van der Waals surface area (Å²) in [5.41, 5.74) is 3.26. The van der Waals surface area contributed by atoms with Crippen molar-refractivity contribution < 1.29 is 14.3 Å². The normalized spacial score (nSPS) is 12.1. The fourth-order valence-electron chi connectivity index (χ4n) is 3.89. The Kier molecular flexibility index (Phi) is 7.89. The van der Waals surface area contributed by atoms with Crippen LogP contribution in [0, 0.1) is 0 Å². The highest BCUT2D eigenvalue weighted by molar-refractivity contribution is 7.10. The van der Waals surface area contributed by atoms with Crippen molar-refractivity contribution in [3.8, 4) is 0 Å². The molecule has 0 saturated carbocycles. The van der Waals surface area contributed by atoms with Crippen LogP contribution in [0.25, 0.3) is 11.0 Å². The van der Waals surface area contributed by atoms with Gasteiger partial charge >= 0.3 is 0 Å². The molecule has 0 spiro atoms. The molecule has 0 fully saturated rings. The molecule has 0 aliphatic heterocycles. The molecular formula is C26H29N5O3S. The van der Waals surface area contributed by atoms with Crippen LogP contribution in [0.2, 0.25) is 0 Å². The highest BCUT2D eigenvalue weighted by Crippen LogP contribution is 2.32. The number of rotatable bonds is 10. The minimum atomic E-state index is -0.834. The Morgan fingerprint density at radius 2 is 1.86 bits per heavy atom. The highest BCUT2D eigenvalue weighted by Gasteiger charge is 2.34. The van der Waals surface area contributed by atoms with Gasteiger partial charge in [-0.3, -0.25) is 14.5 Å². The number of nitrogens with zero attached hydrogens (tertiary/aromatic N) is 4. The summed E-state index contributed by atoms with van der Waals surface area (Å²) in [5.74, 6) is -0.187. The zero-order valence-electron chi connectivity index (χ0n) is 20.0. The zero-order chi connectivity index (χ0) is 24.8. The number of ether oxygens (including phenoxy) is 1. The van der Waals surface area contributed by atoms with Crippen LogP contribution in [-0.2, 0) is 20.9 Å². The molecule has 1 atom stereocenters. The molecule has 2 amide bonds. The van der Waals surface area contributed by atoms with Crippen molar-refractivity contribution in [3.05, 3.63) is 76.5 Å². The first-order valence-electron chi connectivity index (χ1n) is 11.5. The van der Waals surface area contributed by atoms with Crippen LogP contribution in [0.15, 0.2) is 66.0 Å². The predicted molar refractivity (Wildman–Crippen MR) is 137 cm³/mol. The molecular weight excluding hydrogens is 462 g/mol. The van der Waals surface area contributed by atoms with E-state index in [4.69, 9.17) is 4.74 Å². The molecule has 0 radical (unpaired) electrons. The van der Waals surface area contributed by atoms with E-state index in [1.807, 2.05) is 66.0 Å². The largest absolute Gasteiger partial charge is 0.383 e. The molecule has 0 bridgehead atoms. The third kappa shape index (κ3) is 5.58. The Morgan fingerprint density at radius 3 is 2.54 bits per heavy atom.